The largest absolute Gasteiger partial charge is 0.417 e. The van der Waals surface area contributed by atoms with Crippen LogP contribution in [0.1, 0.15) is 15.9 Å². The molecule has 0 aromatic carbocycles. The van der Waals surface area contributed by atoms with Gasteiger partial charge in [0.2, 0.25) is 0 Å². The molecule has 4 nitrogen and oxygen atoms in total. The number of thiophene rings is 1. The lowest BCUT2D eigenvalue weighted by molar-refractivity contribution is -0.137. The normalized spacial score (nSPS) is 15.8. The summed E-state index contributed by atoms with van der Waals surface area (Å²) in [5, 5.41) is 3.67. The molecule has 0 atom stereocenters. The highest BCUT2D eigenvalue weighted by molar-refractivity contribution is 7.08. The Hall–Kier alpha value is -2.09. The molecule has 2 aromatic rings. The smallest absolute Gasteiger partial charge is 0.353 e. The maximum atomic E-state index is 12.5. The summed E-state index contributed by atoms with van der Waals surface area (Å²) in [5.74, 6) is 0.493. The molecule has 3 heterocycles. The van der Waals surface area contributed by atoms with Crippen molar-refractivity contribution in [1.82, 2.24) is 9.88 Å². The number of hydrogen-bond donors (Lipinski definition) is 0. The van der Waals surface area contributed by atoms with Gasteiger partial charge in [-0.3, -0.25) is 4.79 Å². The van der Waals surface area contributed by atoms with E-state index in [1.807, 2.05) is 15.7 Å². The Morgan fingerprint density at radius 3 is 2.39 bits per heavy atom. The molecule has 0 N–H and O–H groups in total. The van der Waals surface area contributed by atoms with Gasteiger partial charge in [-0.25, -0.2) is 4.98 Å². The van der Waals surface area contributed by atoms with E-state index in [0.717, 1.165) is 12.3 Å². The summed E-state index contributed by atoms with van der Waals surface area (Å²) in [4.78, 5) is 19.8. The zero-order valence-corrected chi connectivity index (χ0v) is 12.9. The van der Waals surface area contributed by atoms with Crippen LogP contribution in [0.15, 0.2) is 35.2 Å². The third kappa shape index (κ3) is 3.47. The number of hydrogen-bond acceptors (Lipinski definition) is 4. The molecule has 0 unspecified atom stereocenters. The second kappa shape index (κ2) is 6.19. The second-order valence-electron chi connectivity index (χ2n) is 5.19. The first-order chi connectivity index (χ1) is 10.9. The molecule has 0 radical (unpaired) electrons. The summed E-state index contributed by atoms with van der Waals surface area (Å²) >= 11 is 1.47. The number of anilines is 1. The van der Waals surface area contributed by atoms with E-state index in [2.05, 4.69) is 4.98 Å². The van der Waals surface area contributed by atoms with Crippen molar-refractivity contribution >= 4 is 23.1 Å². The number of carbonyl (C=O) groups is 1. The third-order valence-corrected chi connectivity index (χ3v) is 4.42. The summed E-state index contributed by atoms with van der Waals surface area (Å²) in [6.07, 6.45) is -3.53. The standard InChI is InChI=1S/C15H14F3N3OS/c16-15(17,18)12-1-2-13(19-9-12)20-4-6-21(7-5-20)14(22)11-3-8-23-10-11/h1-3,8-10H,4-7H2. The van der Waals surface area contributed by atoms with Crippen LogP contribution in [0.2, 0.25) is 0 Å². The van der Waals surface area contributed by atoms with E-state index < -0.39 is 11.7 Å². The van der Waals surface area contributed by atoms with Crippen molar-refractivity contribution in [2.24, 2.45) is 0 Å². The first kappa shape index (κ1) is 15.8. The first-order valence-corrected chi connectivity index (χ1v) is 7.99. The predicted octanol–water partition coefficient (Wildman–Crippen LogP) is 3.12. The van der Waals surface area contributed by atoms with Crippen molar-refractivity contribution in [3.05, 3.63) is 46.3 Å². The molecule has 122 valence electrons. The van der Waals surface area contributed by atoms with E-state index in [1.165, 1.54) is 17.4 Å². The van der Waals surface area contributed by atoms with Gasteiger partial charge in [-0.05, 0) is 23.6 Å². The van der Waals surface area contributed by atoms with Crippen molar-refractivity contribution in [2.75, 3.05) is 31.1 Å². The van der Waals surface area contributed by atoms with Crippen LogP contribution < -0.4 is 4.90 Å². The average Bonchev–Trinajstić information content (AvgIpc) is 3.08. The van der Waals surface area contributed by atoms with Crippen molar-refractivity contribution in [3.8, 4) is 0 Å². The van der Waals surface area contributed by atoms with E-state index in [1.54, 1.807) is 11.0 Å². The lowest BCUT2D eigenvalue weighted by Crippen LogP contribution is -2.49. The van der Waals surface area contributed by atoms with Gasteiger partial charge in [0.25, 0.3) is 5.91 Å². The Morgan fingerprint density at radius 2 is 1.87 bits per heavy atom. The van der Waals surface area contributed by atoms with Crippen molar-refractivity contribution < 1.29 is 18.0 Å². The number of carbonyl (C=O) groups excluding carboxylic acids is 1. The minimum absolute atomic E-state index is 0.00808. The van der Waals surface area contributed by atoms with E-state index in [4.69, 9.17) is 0 Å². The van der Waals surface area contributed by atoms with Gasteiger partial charge in [0.05, 0.1) is 11.1 Å². The third-order valence-electron chi connectivity index (χ3n) is 3.73. The minimum atomic E-state index is -4.38. The number of amides is 1. The summed E-state index contributed by atoms with van der Waals surface area (Å²) in [6.45, 7) is 2.15. The quantitative estimate of drug-likeness (QED) is 0.842. The molecule has 0 bridgehead atoms. The summed E-state index contributed by atoms with van der Waals surface area (Å²) < 4.78 is 37.6. The maximum Gasteiger partial charge on any atom is 0.417 e. The Kier molecular flexibility index (Phi) is 4.25. The first-order valence-electron chi connectivity index (χ1n) is 7.05. The van der Waals surface area contributed by atoms with Gasteiger partial charge in [-0.15, -0.1) is 0 Å². The monoisotopic (exact) mass is 341 g/mol. The molecule has 23 heavy (non-hydrogen) atoms. The molecule has 0 spiro atoms. The van der Waals surface area contributed by atoms with Gasteiger partial charge in [0.1, 0.15) is 5.82 Å². The maximum absolute atomic E-state index is 12.5. The van der Waals surface area contributed by atoms with Gasteiger partial charge in [0.15, 0.2) is 0 Å². The molecular formula is C15H14F3N3OS. The SMILES string of the molecule is O=C(c1ccsc1)N1CCN(c2ccc(C(F)(F)F)cn2)CC1. The number of nitrogens with zero attached hydrogens (tertiary/aromatic N) is 3. The second-order valence-corrected chi connectivity index (χ2v) is 5.97. The average molecular weight is 341 g/mol. The highest BCUT2D eigenvalue weighted by atomic mass is 32.1. The summed E-state index contributed by atoms with van der Waals surface area (Å²) in [6, 6.07) is 4.20. The molecule has 1 aliphatic rings. The van der Waals surface area contributed by atoms with E-state index in [-0.39, 0.29) is 5.91 Å². The van der Waals surface area contributed by atoms with E-state index >= 15 is 0 Å². The van der Waals surface area contributed by atoms with Gasteiger partial charge in [0, 0.05) is 37.8 Å². The Labute approximate surface area is 135 Å². The topological polar surface area (TPSA) is 36.4 Å². The van der Waals surface area contributed by atoms with Crippen LogP contribution in [-0.2, 0) is 6.18 Å². The zero-order chi connectivity index (χ0) is 16.4. The lowest BCUT2D eigenvalue weighted by Gasteiger charge is -2.35. The van der Waals surface area contributed by atoms with Gasteiger partial charge < -0.3 is 9.80 Å². The van der Waals surface area contributed by atoms with Crippen LogP contribution >= 0.6 is 11.3 Å². The van der Waals surface area contributed by atoms with E-state index in [0.29, 0.717) is 37.6 Å². The highest BCUT2D eigenvalue weighted by Crippen LogP contribution is 2.29. The van der Waals surface area contributed by atoms with Gasteiger partial charge >= 0.3 is 6.18 Å². The molecule has 2 aromatic heterocycles. The molecule has 1 fully saturated rings. The van der Waals surface area contributed by atoms with E-state index in [9.17, 15) is 18.0 Å². The number of aromatic nitrogens is 1. The fraction of sp³-hybridized carbons (Fsp3) is 0.333. The van der Waals surface area contributed by atoms with Crippen LogP contribution in [0.4, 0.5) is 19.0 Å². The molecular weight excluding hydrogens is 327 g/mol. The Bertz CT molecular complexity index is 662. The number of rotatable bonds is 2. The lowest BCUT2D eigenvalue weighted by atomic mass is 10.2. The molecule has 0 saturated carbocycles. The predicted molar refractivity (Wildman–Crippen MR) is 81.7 cm³/mol. The van der Waals surface area contributed by atoms with Crippen LogP contribution in [0.25, 0.3) is 0 Å². The summed E-state index contributed by atoms with van der Waals surface area (Å²) in [5.41, 5.74) is -0.0800. The van der Waals surface area contributed by atoms with Crippen LogP contribution in [-0.4, -0.2) is 42.0 Å². The van der Waals surface area contributed by atoms with Crippen LogP contribution in [0, 0.1) is 0 Å². The van der Waals surface area contributed by atoms with Crippen molar-refractivity contribution in [2.45, 2.75) is 6.18 Å². The number of alkyl halides is 3. The fourth-order valence-corrected chi connectivity index (χ4v) is 3.08. The molecule has 1 amide bonds. The van der Waals surface area contributed by atoms with Crippen LogP contribution in [0.3, 0.4) is 0 Å². The molecule has 8 heteroatoms. The Balaban J connectivity index is 1.62. The molecule has 0 aliphatic carbocycles. The number of halogens is 3. The summed E-state index contributed by atoms with van der Waals surface area (Å²) in [7, 11) is 0. The fourth-order valence-electron chi connectivity index (χ4n) is 2.45. The minimum Gasteiger partial charge on any atom is -0.353 e. The Morgan fingerprint density at radius 1 is 1.13 bits per heavy atom. The molecule has 1 aliphatic heterocycles. The molecule has 3 rings (SSSR count). The molecule has 1 saturated heterocycles. The van der Waals surface area contributed by atoms with Crippen molar-refractivity contribution in [3.63, 3.8) is 0 Å². The number of pyridine rings is 1. The zero-order valence-electron chi connectivity index (χ0n) is 12.1. The highest BCUT2D eigenvalue weighted by Gasteiger charge is 2.31. The van der Waals surface area contributed by atoms with Gasteiger partial charge in [-0.2, -0.15) is 24.5 Å². The van der Waals surface area contributed by atoms with Gasteiger partial charge in [-0.1, -0.05) is 0 Å². The number of piperazine rings is 1. The van der Waals surface area contributed by atoms with Crippen molar-refractivity contribution in [1.29, 1.82) is 0 Å². The van der Waals surface area contributed by atoms with Crippen LogP contribution in [0.5, 0.6) is 0 Å².